The summed E-state index contributed by atoms with van der Waals surface area (Å²) in [5.41, 5.74) is 0.446. The molecule has 1 aliphatic rings. The molecule has 1 amide bonds. The lowest BCUT2D eigenvalue weighted by molar-refractivity contribution is 0.0694. The van der Waals surface area contributed by atoms with Crippen LogP contribution in [-0.4, -0.2) is 38.9 Å². The zero-order valence-corrected chi connectivity index (χ0v) is 10.5. The van der Waals surface area contributed by atoms with Crippen LogP contribution in [0.25, 0.3) is 0 Å². The van der Waals surface area contributed by atoms with Crippen LogP contribution in [0.3, 0.4) is 0 Å². The van der Waals surface area contributed by atoms with Crippen LogP contribution >= 0.6 is 23.1 Å². The predicted octanol–water partition coefficient (Wildman–Crippen LogP) is 2.16. The molecule has 0 N–H and O–H groups in total. The fraction of sp³-hybridized carbons (Fsp3) is 0.700. The Hall–Kier alpha value is -0.680. The van der Waals surface area contributed by atoms with Crippen molar-refractivity contribution >= 4 is 29.0 Å². The molecule has 2 heterocycles. The second kappa shape index (κ2) is 5.59. The minimum atomic E-state index is -0.0266. The van der Waals surface area contributed by atoms with Gasteiger partial charge in [-0.1, -0.05) is 17.3 Å². The Kier molecular flexibility index (Phi) is 4.12. The molecule has 4 nitrogen and oxygen atoms in total. The second-order valence-electron chi connectivity index (χ2n) is 3.95. The summed E-state index contributed by atoms with van der Waals surface area (Å²) in [6.07, 6.45) is 4.37. The zero-order chi connectivity index (χ0) is 11.4. The molecule has 88 valence electrons. The fourth-order valence-corrected chi connectivity index (χ4v) is 2.76. The molecule has 1 aromatic rings. The SMILES string of the molecule is O=C(c1csnn1)N1CCCCCC1CCl. The number of hydrogen-bond donors (Lipinski definition) is 0. The van der Waals surface area contributed by atoms with Crippen molar-refractivity contribution in [3.05, 3.63) is 11.1 Å². The summed E-state index contributed by atoms with van der Waals surface area (Å²) in [7, 11) is 0. The van der Waals surface area contributed by atoms with E-state index in [0.717, 1.165) is 25.8 Å². The van der Waals surface area contributed by atoms with E-state index in [-0.39, 0.29) is 11.9 Å². The number of hydrogen-bond acceptors (Lipinski definition) is 4. The topological polar surface area (TPSA) is 46.1 Å². The molecule has 0 aromatic carbocycles. The average Bonchev–Trinajstić information content (AvgIpc) is 2.73. The van der Waals surface area contributed by atoms with Crippen molar-refractivity contribution in [2.45, 2.75) is 31.7 Å². The number of rotatable bonds is 2. The monoisotopic (exact) mass is 259 g/mol. The van der Waals surface area contributed by atoms with Crippen molar-refractivity contribution in [1.82, 2.24) is 14.5 Å². The Labute approximate surface area is 104 Å². The van der Waals surface area contributed by atoms with Crippen LogP contribution in [0.5, 0.6) is 0 Å². The third-order valence-corrected chi connectivity index (χ3v) is 3.76. The highest BCUT2D eigenvalue weighted by molar-refractivity contribution is 7.03. The van der Waals surface area contributed by atoms with Gasteiger partial charge in [0.2, 0.25) is 0 Å². The van der Waals surface area contributed by atoms with Gasteiger partial charge in [-0.3, -0.25) is 4.79 Å². The van der Waals surface area contributed by atoms with Crippen molar-refractivity contribution in [3.63, 3.8) is 0 Å². The first-order valence-electron chi connectivity index (χ1n) is 5.47. The number of amides is 1. The first-order valence-corrected chi connectivity index (χ1v) is 6.84. The van der Waals surface area contributed by atoms with Crippen LogP contribution < -0.4 is 0 Å². The maximum Gasteiger partial charge on any atom is 0.275 e. The van der Waals surface area contributed by atoms with Gasteiger partial charge in [0.1, 0.15) is 0 Å². The van der Waals surface area contributed by atoms with Gasteiger partial charge in [0.05, 0.1) is 0 Å². The second-order valence-corrected chi connectivity index (χ2v) is 4.86. The van der Waals surface area contributed by atoms with Crippen LogP contribution in [0, 0.1) is 0 Å². The van der Waals surface area contributed by atoms with E-state index in [4.69, 9.17) is 11.6 Å². The Balaban J connectivity index is 2.13. The molecule has 1 aliphatic heterocycles. The zero-order valence-electron chi connectivity index (χ0n) is 8.93. The van der Waals surface area contributed by atoms with Crippen LogP contribution in [-0.2, 0) is 0 Å². The third-order valence-electron chi connectivity index (χ3n) is 2.90. The highest BCUT2D eigenvalue weighted by Gasteiger charge is 2.26. The van der Waals surface area contributed by atoms with E-state index in [9.17, 15) is 4.79 Å². The lowest BCUT2D eigenvalue weighted by Gasteiger charge is -2.27. The smallest absolute Gasteiger partial charge is 0.275 e. The molecular weight excluding hydrogens is 246 g/mol. The van der Waals surface area contributed by atoms with Crippen molar-refractivity contribution in [1.29, 1.82) is 0 Å². The summed E-state index contributed by atoms with van der Waals surface area (Å²) in [5, 5.41) is 5.52. The van der Waals surface area contributed by atoms with Gasteiger partial charge in [0, 0.05) is 23.8 Å². The summed E-state index contributed by atoms with van der Waals surface area (Å²) >= 11 is 7.13. The molecule has 1 saturated heterocycles. The Morgan fingerprint density at radius 1 is 1.56 bits per heavy atom. The van der Waals surface area contributed by atoms with Crippen LogP contribution in [0.2, 0.25) is 0 Å². The molecule has 0 spiro atoms. The quantitative estimate of drug-likeness (QED) is 0.765. The van der Waals surface area contributed by atoms with Gasteiger partial charge >= 0.3 is 0 Å². The molecule has 6 heteroatoms. The molecule has 0 saturated carbocycles. The van der Waals surface area contributed by atoms with Gasteiger partial charge in [0.15, 0.2) is 5.69 Å². The summed E-state index contributed by atoms with van der Waals surface area (Å²) in [4.78, 5) is 14.0. The Bertz CT molecular complexity index is 344. The van der Waals surface area contributed by atoms with Gasteiger partial charge in [-0.2, -0.15) is 0 Å². The van der Waals surface area contributed by atoms with Gasteiger partial charge in [-0.25, -0.2) is 0 Å². The lowest BCUT2D eigenvalue weighted by atomic mass is 10.1. The number of likely N-dealkylation sites (tertiary alicyclic amines) is 1. The van der Waals surface area contributed by atoms with Crippen molar-refractivity contribution in [3.8, 4) is 0 Å². The van der Waals surface area contributed by atoms with Crippen LogP contribution in [0.15, 0.2) is 5.38 Å². The molecule has 1 aromatic heterocycles. The molecule has 1 atom stereocenters. The van der Waals surface area contributed by atoms with Gasteiger partial charge in [-0.15, -0.1) is 16.7 Å². The van der Waals surface area contributed by atoms with E-state index in [2.05, 4.69) is 9.59 Å². The molecular formula is C10H14ClN3OS. The van der Waals surface area contributed by atoms with Crippen LogP contribution in [0.1, 0.15) is 36.2 Å². The Morgan fingerprint density at radius 2 is 2.44 bits per heavy atom. The van der Waals surface area contributed by atoms with Crippen molar-refractivity contribution < 1.29 is 4.79 Å². The van der Waals surface area contributed by atoms with Crippen molar-refractivity contribution in [2.24, 2.45) is 0 Å². The van der Waals surface area contributed by atoms with Gasteiger partial charge in [-0.05, 0) is 24.4 Å². The molecule has 0 bridgehead atoms. The number of carbonyl (C=O) groups excluding carboxylic acids is 1. The minimum Gasteiger partial charge on any atom is -0.333 e. The molecule has 1 unspecified atom stereocenters. The summed E-state index contributed by atoms with van der Waals surface area (Å²) in [6.45, 7) is 0.785. The van der Waals surface area contributed by atoms with E-state index in [0.29, 0.717) is 11.6 Å². The van der Waals surface area contributed by atoms with Crippen LogP contribution in [0.4, 0.5) is 0 Å². The van der Waals surface area contributed by atoms with E-state index in [1.54, 1.807) is 5.38 Å². The summed E-state index contributed by atoms with van der Waals surface area (Å²) in [5.74, 6) is 0.477. The normalized spacial score (nSPS) is 21.8. The van der Waals surface area contributed by atoms with Crippen molar-refractivity contribution in [2.75, 3.05) is 12.4 Å². The number of aromatic nitrogens is 2. The molecule has 0 radical (unpaired) electrons. The molecule has 16 heavy (non-hydrogen) atoms. The first kappa shape index (κ1) is 11.8. The maximum absolute atomic E-state index is 12.2. The minimum absolute atomic E-state index is 0.0266. The van der Waals surface area contributed by atoms with Gasteiger partial charge in [0.25, 0.3) is 5.91 Å². The number of carbonyl (C=O) groups is 1. The summed E-state index contributed by atoms with van der Waals surface area (Å²) < 4.78 is 3.72. The van der Waals surface area contributed by atoms with E-state index in [1.165, 1.54) is 18.0 Å². The molecule has 0 aliphatic carbocycles. The maximum atomic E-state index is 12.2. The largest absolute Gasteiger partial charge is 0.333 e. The molecule has 1 fully saturated rings. The van der Waals surface area contributed by atoms with Gasteiger partial charge < -0.3 is 4.90 Å². The highest BCUT2D eigenvalue weighted by Crippen LogP contribution is 2.19. The summed E-state index contributed by atoms with van der Waals surface area (Å²) in [6, 6.07) is 0.151. The van der Waals surface area contributed by atoms with E-state index < -0.39 is 0 Å². The lowest BCUT2D eigenvalue weighted by Crippen LogP contribution is -2.41. The fourth-order valence-electron chi connectivity index (χ4n) is 2.01. The highest BCUT2D eigenvalue weighted by atomic mass is 35.5. The standard InChI is InChI=1S/C10H14ClN3OS/c11-6-8-4-2-1-3-5-14(8)10(15)9-7-16-13-12-9/h7-8H,1-6H2. The van der Waals surface area contributed by atoms with E-state index in [1.807, 2.05) is 4.90 Å². The number of alkyl halides is 1. The number of halogens is 1. The molecule has 2 rings (SSSR count). The number of nitrogens with zero attached hydrogens (tertiary/aromatic N) is 3. The Morgan fingerprint density at radius 3 is 3.12 bits per heavy atom. The average molecular weight is 260 g/mol. The first-order chi connectivity index (χ1) is 7.83. The third kappa shape index (κ3) is 2.52. The predicted molar refractivity (Wildman–Crippen MR) is 63.9 cm³/mol. The van der Waals surface area contributed by atoms with E-state index >= 15 is 0 Å².